The minimum Gasteiger partial charge on any atom is -0.271 e. The van der Waals surface area contributed by atoms with Gasteiger partial charge in [-0.2, -0.15) is 13.2 Å². The van der Waals surface area contributed by atoms with Crippen molar-refractivity contribution in [3.05, 3.63) is 33.8 Å². The second-order valence-corrected chi connectivity index (χ2v) is 4.57. The van der Waals surface area contributed by atoms with Crippen molar-refractivity contribution in [2.24, 2.45) is 5.84 Å². The highest BCUT2D eigenvalue weighted by Crippen LogP contribution is 2.31. The van der Waals surface area contributed by atoms with Crippen LogP contribution < -0.4 is 11.3 Å². The van der Waals surface area contributed by atoms with Gasteiger partial charge in [0.25, 0.3) is 0 Å². The maximum absolute atomic E-state index is 13.5. The van der Waals surface area contributed by atoms with Gasteiger partial charge in [0.1, 0.15) is 11.6 Å². The third kappa shape index (κ3) is 4.18. The number of nitrogens with one attached hydrogen (secondary N) is 1. The van der Waals surface area contributed by atoms with Gasteiger partial charge in [0.05, 0.1) is 6.04 Å². The van der Waals surface area contributed by atoms with Crippen LogP contribution in [0.2, 0.25) is 0 Å². The molecule has 0 bridgehead atoms. The van der Waals surface area contributed by atoms with E-state index < -0.39 is 42.3 Å². The summed E-state index contributed by atoms with van der Waals surface area (Å²) in [4.78, 5) is 0. The molecule has 1 aromatic rings. The zero-order valence-electron chi connectivity index (χ0n) is 8.99. The topological polar surface area (TPSA) is 38.0 Å². The molecule has 0 aliphatic carbocycles. The van der Waals surface area contributed by atoms with Crippen LogP contribution in [0.4, 0.5) is 22.0 Å². The predicted octanol–water partition coefficient (Wildman–Crippen LogP) is 3.57. The Labute approximate surface area is 108 Å². The Morgan fingerprint density at radius 3 is 2.11 bits per heavy atom. The summed E-state index contributed by atoms with van der Waals surface area (Å²) in [6, 6.07) is 0.701. The molecule has 1 unspecified atom stereocenters. The van der Waals surface area contributed by atoms with Crippen LogP contribution in [0, 0.1) is 11.6 Å². The van der Waals surface area contributed by atoms with Gasteiger partial charge in [0, 0.05) is 16.5 Å². The zero-order valence-corrected chi connectivity index (χ0v) is 10.6. The number of benzene rings is 1. The lowest BCUT2D eigenvalue weighted by molar-refractivity contribution is -0.136. The van der Waals surface area contributed by atoms with Crippen LogP contribution in [0.1, 0.15) is 24.4 Å². The zero-order chi connectivity index (χ0) is 13.9. The van der Waals surface area contributed by atoms with E-state index in [1.807, 2.05) is 5.43 Å². The molecule has 0 aliphatic rings. The smallest absolute Gasteiger partial charge is 0.271 e. The van der Waals surface area contributed by atoms with Crippen LogP contribution in [0.25, 0.3) is 0 Å². The molecule has 102 valence electrons. The van der Waals surface area contributed by atoms with Crippen molar-refractivity contribution in [3.63, 3.8) is 0 Å². The Morgan fingerprint density at radius 1 is 1.22 bits per heavy atom. The Kier molecular flexibility index (Phi) is 5.06. The number of rotatable bonds is 4. The third-order valence-corrected chi connectivity index (χ3v) is 2.77. The lowest BCUT2D eigenvalue weighted by Gasteiger charge is -2.18. The standard InChI is InChI=1S/C10H10BrF5N2/c11-5-3-6(12)9(7(13)4-5)8(18-17)1-2-10(14,15)16/h3-4,8,18H,1-2,17H2. The summed E-state index contributed by atoms with van der Waals surface area (Å²) in [6.07, 6.45) is -6.14. The molecule has 0 heterocycles. The van der Waals surface area contributed by atoms with Gasteiger partial charge in [0.2, 0.25) is 0 Å². The van der Waals surface area contributed by atoms with E-state index in [0.717, 1.165) is 12.1 Å². The number of nitrogens with two attached hydrogens (primary N) is 1. The fourth-order valence-electron chi connectivity index (χ4n) is 1.51. The van der Waals surface area contributed by atoms with Gasteiger partial charge in [-0.05, 0) is 18.6 Å². The quantitative estimate of drug-likeness (QED) is 0.502. The summed E-state index contributed by atoms with van der Waals surface area (Å²) < 4.78 is 63.4. The highest BCUT2D eigenvalue weighted by atomic mass is 79.9. The molecule has 2 nitrogen and oxygen atoms in total. The molecule has 0 amide bonds. The molecule has 0 saturated carbocycles. The molecule has 0 radical (unpaired) electrons. The molecule has 1 rings (SSSR count). The molecule has 0 saturated heterocycles. The van der Waals surface area contributed by atoms with E-state index in [-0.39, 0.29) is 4.47 Å². The molecule has 1 atom stereocenters. The Bertz CT molecular complexity index is 398. The van der Waals surface area contributed by atoms with Crippen molar-refractivity contribution in [1.82, 2.24) is 5.43 Å². The highest BCUT2D eigenvalue weighted by molar-refractivity contribution is 9.10. The summed E-state index contributed by atoms with van der Waals surface area (Å²) in [5.41, 5.74) is 1.50. The summed E-state index contributed by atoms with van der Waals surface area (Å²) in [5.74, 6) is 3.14. The van der Waals surface area contributed by atoms with E-state index in [1.54, 1.807) is 0 Å². The molecule has 0 aromatic heterocycles. The van der Waals surface area contributed by atoms with Crippen LogP contribution in [-0.4, -0.2) is 6.18 Å². The van der Waals surface area contributed by atoms with Crippen LogP contribution >= 0.6 is 15.9 Å². The van der Waals surface area contributed by atoms with Crippen molar-refractivity contribution >= 4 is 15.9 Å². The fraction of sp³-hybridized carbons (Fsp3) is 0.400. The molecular formula is C10H10BrF5N2. The first-order valence-electron chi connectivity index (χ1n) is 4.92. The van der Waals surface area contributed by atoms with Gasteiger partial charge in [-0.1, -0.05) is 15.9 Å². The number of alkyl halides is 3. The van der Waals surface area contributed by atoms with E-state index >= 15 is 0 Å². The fourth-order valence-corrected chi connectivity index (χ4v) is 1.91. The van der Waals surface area contributed by atoms with Crippen LogP contribution in [-0.2, 0) is 0 Å². The van der Waals surface area contributed by atoms with E-state index in [1.165, 1.54) is 0 Å². The van der Waals surface area contributed by atoms with Gasteiger partial charge < -0.3 is 0 Å². The average Bonchev–Trinajstić information content (AvgIpc) is 2.20. The van der Waals surface area contributed by atoms with Crippen molar-refractivity contribution in [3.8, 4) is 0 Å². The van der Waals surface area contributed by atoms with Gasteiger partial charge in [0.15, 0.2) is 0 Å². The molecular weight excluding hydrogens is 323 g/mol. The average molecular weight is 333 g/mol. The minimum atomic E-state index is -4.41. The molecule has 0 aliphatic heterocycles. The molecule has 18 heavy (non-hydrogen) atoms. The first-order chi connectivity index (χ1) is 8.24. The first-order valence-corrected chi connectivity index (χ1v) is 5.71. The third-order valence-electron chi connectivity index (χ3n) is 2.31. The van der Waals surface area contributed by atoms with E-state index in [2.05, 4.69) is 15.9 Å². The molecule has 0 spiro atoms. The minimum absolute atomic E-state index is 0.160. The normalized spacial score (nSPS) is 13.7. The maximum Gasteiger partial charge on any atom is 0.389 e. The summed E-state index contributed by atoms with van der Waals surface area (Å²) >= 11 is 2.88. The number of hydrazine groups is 1. The summed E-state index contributed by atoms with van der Waals surface area (Å²) in [5, 5.41) is 0. The van der Waals surface area contributed by atoms with Gasteiger partial charge >= 0.3 is 6.18 Å². The van der Waals surface area contributed by atoms with Crippen LogP contribution in [0.5, 0.6) is 0 Å². The summed E-state index contributed by atoms with van der Waals surface area (Å²) in [7, 11) is 0. The second kappa shape index (κ2) is 5.94. The monoisotopic (exact) mass is 332 g/mol. The van der Waals surface area contributed by atoms with Gasteiger partial charge in [-0.3, -0.25) is 11.3 Å². The Hall–Kier alpha value is -0.730. The van der Waals surface area contributed by atoms with Crippen molar-refractivity contribution < 1.29 is 22.0 Å². The summed E-state index contributed by atoms with van der Waals surface area (Å²) in [6.45, 7) is 0. The van der Waals surface area contributed by atoms with Crippen LogP contribution in [0.3, 0.4) is 0 Å². The lowest BCUT2D eigenvalue weighted by Crippen LogP contribution is -2.30. The Balaban J connectivity index is 2.95. The van der Waals surface area contributed by atoms with Crippen molar-refractivity contribution in [2.45, 2.75) is 25.1 Å². The van der Waals surface area contributed by atoms with E-state index in [4.69, 9.17) is 5.84 Å². The lowest BCUT2D eigenvalue weighted by atomic mass is 10.0. The molecule has 1 aromatic carbocycles. The van der Waals surface area contributed by atoms with Crippen molar-refractivity contribution in [1.29, 1.82) is 0 Å². The highest BCUT2D eigenvalue weighted by Gasteiger charge is 2.30. The van der Waals surface area contributed by atoms with Crippen LogP contribution in [0.15, 0.2) is 16.6 Å². The van der Waals surface area contributed by atoms with Crippen molar-refractivity contribution in [2.75, 3.05) is 0 Å². The number of hydrogen-bond acceptors (Lipinski definition) is 2. The first kappa shape index (κ1) is 15.3. The maximum atomic E-state index is 13.5. The van der Waals surface area contributed by atoms with Gasteiger partial charge in [-0.15, -0.1) is 0 Å². The second-order valence-electron chi connectivity index (χ2n) is 3.66. The van der Waals surface area contributed by atoms with Gasteiger partial charge in [-0.25, -0.2) is 8.78 Å². The SMILES string of the molecule is NNC(CCC(F)(F)F)c1c(F)cc(Br)cc1F. The van der Waals surface area contributed by atoms with E-state index in [9.17, 15) is 22.0 Å². The number of halogens is 6. The predicted molar refractivity (Wildman–Crippen MR) is 59.4 cm³/mol. The molecule has 0 fully saturated rings. The largest absolute Gasteiger partial charge is 0.389 e. The van der Waals surface area contributed by atoms with E-state index in [0.29, 0.717) is 0 Å². The molecule has 3 N–H and O–H groups in total. The Morgan fingerprint density at radius 2 is 1.72 bits per heavy atom. The number of hydrogen-bond donors (Lipinski definition) is 2. The molecule has 8 heteroatoms.